The van der Waals surface area contributed by atoms with Gasteiger partial charge in [-0.25, -0.2) is 0 Å². The van der Waals surface area contributed by atoms with E-state index < -0.39 is 0 Å². The van der Waals surface area contributed by atoms with Crippen LogP contribution < -0.4 is 5.32 Å². The molecule has 0 saturated heterocycles. The first-order valence-corrected chi connectivity index (χ1v) is 8.61. The van der Waals surface area contributed by atoms with Crippen LogP contribution in [-0.4, -0.2) is 29.8 Å². The van der Waals surface area contributed by atoms with Crippen LogP contribution in [-0.2, 0) is 11.3 Å². The van der Waals surface area contributed by atoms with Gasteiger partial charge in [0.25, 0.3) is 5.91 Å². The summed E-state index contributed by atoms with van der Waals surface area (Å²) in [5.74, 6) is -0.332. The molecule has 4 nitrogen and oxygen atoms in total. The van der Waals surface area contributed by atoms with E-state index in [4.69, 9.17) is 0 Å². The molecule has 0 spiro atoms. The van der Waals surface area contributed by atoms with E-state index in [2.05, 4.69) is 21.2 Å². The first-order chi connectivity index (χ1) is 10.6. The van der Waals surface area contributed by atoms with Crippen LogP contribution in [0.1, 0.15) is 22.2 Å². The summed E-state index contributed by atoms with van der Waals surface area (Å²) in [6.45, 7) is 3.13. The fourth-order valence-electron chi connectivity index (χ4n) is 1.97. The van der Waals surface area contributed by atoms with Gasteiger partial charge in [-0.3, -0.25) is 9.59 Å². The molecular weight excluding hydrogens is 364 g/mol. The lowest BCUT2D eigenvalue weighted by Gasteiger charge is -2.20. The van der Waals surface area contributed by atoms with Crippen LogP contribution in [0.2, 0.25) is 0 Å². The number of carbonyl (C=O) groups excluding carboxylic acids is 2. The molecule has 2 aromatic rings. The van der Waals surface area contributed by atoms with Gasteiger partial charge in [-0.1, -0.05) is 28.1 Å². The van der Waals surface area contributed by atoms with Crippen molar-refractivity contribution in [1.82, 2.24) is 10.2 Å². The van der Waals surface area contributed by atoms with Gasteiger partial charge in [-0.2, -0.15) is 0 Å². The van der Waals surface area contributed by atoms with Crippen LogP contribution in [0.3, 0.4) is 0 Å². The molecule has 0 fully saturated rings. The van der Waals surface area contributed by atoms with Crippen LogP contribution in [0.25, 0.3) is 0 Å². The highest BCUT2D eigenvalue weighted by molar-refractivity contribution is 9.10. The molecule has 116 valence electrons. The van der Waals surface area contributed by atoms with Gasteiger partial charge < -0.3 is 10.2 Å². The Hall–Kier alpha value is -1.66. The van der Waals surface area contributed by atoms with Crippen LogP contribution in [0.15, 0.2) is 46.3 Å². The van der Waals surface area contributed by atoms with E-state index in [-0.39, 0.29) is 18.4 Å². The van der Waals surface area contributed by atoms with E-state index in [1.807, 2.05) is 30.5 Å². The van der Waals surface area contributed by atoms with Crippen molar-refractivity contribution >= 4 is 39.1 Å². The van der Waals surface area contributed by atoms with E-state index in [1.54, 1.807) is 34.4 Å². The summed E-state index contributed by atoms with van der Waals surface area (Å²) in [5, 5.41) is 4.66. The lowest BCUT2D eigenvalue weighted by molar-refractivity contribution is -0.130. The number of benzene rings is 1. The maximum atomic E-state index is 12.2. The quantitative estimate of drug-likeness (QED) is 0.835. The molecule has 2 rings (SSSR count). The Morgan fingerprint density at radius 2 is 2.09 bits per heavy atom. The van der Waals surface area contributed by atoms with Gasteiger partial charge in [0.1, 0.15) is 0 Å². The van der Waals surface area contributed by atoms with Gasteiger partial charge in [-0.05, 0) is 36.6 Å². The second-order valence-corrected chi connectivity index (χ2v) is 6.63. The third kappa shape index (κ3) is 4.68. The van der Waals surface area contributed by atoms with Gasteiger partial charge in [-0.15, -0.1) is 11.3 Å². The molecule has 1 N–H and O–H groups in total. The molecule has 0 saturated carbocycles. The maximum absolute atomic E-state index is 12.2. The predicted molar refractivity (Wildman–Crippen MR) is 91.9 cm³/mol. The fraction of sp³-hybridized carbons (Fsp3) is 0.250. The molecule has 0 aliphatic rings. The number of hydrogen-bond acceptors (Lipinski definition) is 3. The van der Waals surface area contributed by atoms with Crippen molar-refractivity contribution in [3.8, 4) is 0 Å². The van der Waals surface area contributed by atoms with E-state index in [9.17, 15) is 9.59 Å². The molecule has 1 aromatic heterocycles. The Morgan fingerprint density at radius 1 is 1.27 bits per heavy atom. The number of rotatable bonds is 6. The lowest BCUT2D eigenvalue weighted by Crippen LogP contribution is -2.39. The molecule has 2 amide bonds. The molecule has 0 atom stereocenters. The summed E-state index contributed by atoms with van der Waals surface area (Å²) in [7, 11) is 0. The number of halogens is 1. The Balaban J connectivity index is 1.89. The Kier molecular flexibility index (Phi) is 6.15. The molecule has 0 aliphatic carbocycles. The molecule has 22 heavy (non-hydrogen) atoms. The second-order valence-electron chi connectivity index (χ2n) is 4.68. The highest BCUT2D eigenvalue weighted by atomic mass is 79.9. The van der Waals surface area contributed by atoms with Crippen molar-refractivity contribution < 1.29 is 9.59 Å². The largest absolute Gasteiger partial charge is 0.343 e. The van der Waals surface area contributed by atoms with Crippen molar-refractivity contribution in [3.05, 3.63) is 56.7 Å². The smallest absolute Gasteiger partial charge is 0.251 e. The van der Waals surface area contributed by atoms with Crippen LogP contribution >= 0.6 is 27.3 Å². The number of nitrogens with one attached hydrogen (secondary N) is 1. The predicted octanol–water partition coefficient (Wildman–Crippen LogP) is 3.29. The molecule has 0 unspecified atom stereocenters. The minimum atomic E-state index is -0.248. The normalized spacial score (nSPS) is 10.3. The Bertz CT molecular complexity index is 643. The van der Waals surface area contributed by atoms with Gasteiger partial charge in [0.15, 0.2) is 0 Å². The fourth-order valence-corrected chi connectivity index (χ4v) is 3.09. The zero-order valence-corrected chi connectivity index (χ0v) is 14.6. The Labute approximate surface area is 142 Å². The zero-order valence-electron chi connectivity index (χ0n) is 12.2. The van der Waals surface area contributed by atoms with E-state index in [0.717, 1.165) is 9.35 Å². The van der Waals surface area contributed by atoms with Crippen LogP contribution in [0.5, 0.6) is 0 Å². The third-order valence-corrected chi connectivity index (χ3v) is 4.50. The summed E-state index contributed by atoms with van der Waals surface area (Å²) in [6.07, 6.45) is 0. The minimum absolute atomic E-state index is 0.00453. The zero-order chi connectivity index (χ0) is 15.9. The van der Waals surface area contributed by atoms with E-state index in [0.29, 0.717) is 18.7 Å². The van der Waals surface area contributed by atoms with Crippen molar-refractivity contribution in [2.75, 3.05) is 13.1 Å². The number of likely N-dealkylation sites (N-methyl/N-ethyl adjacent to an activating group) is 1. The second kappa shape index (κ2) is 8.10. The van der Waals surface area contributed by atoms with E-state index in [1.165, 1.54) is 0 Å². The summed E-state index contributed by atoms with van der Waals surface area (Å²) in [4.78, 5) is 27.1. The summed E-state index contributed by atoms with van der Waals surface area (Å²) in [5.41, 5.74) is 0.531. The van der Waals surface area contributed by atoms with Crippen LogP contribution in [0.4, 0.5) is 0 Å². The van der Waals surface area contributed by atoms with Crippen molar-refractivity contribution in [3.63, 3.8) is 0 Å². The lowest BCUT2D eigenvalue weighted by atomic mass is 10.2. The van der Waals surface area contributed by atoms with Gasteiger partial charge in [0.05, 0.1) is 13.1 Å². The SMILES string of the molecule is CCN(Cc1cccs1)C(=O)CNC(=O)c1cccc(Br)c1. The molecule has 1 aromatic carbocycles. The van der Waals surface area contributed by atoms with E-state index >= 15 is 0 Å². The van der Waals surface area contributed by atoms with Crippen molar-refractivity contribution in [2.24, 2.45) is 0 Å². The molecule has 0 radical (unpaired) electrons. The molecule has 1 heterocycles. The average molecular weight is 381 g/mol. The van der Waals surface area contributed by atoms with Gasteiger partial charge >= 0.3 is 0 Å². The van der Waals surface area contributed by atoms with Gasteiger partial charge in [0, 0.05) is 21.5 Å². The Morgan fingerprint density at radius 3 is 2.73 bits per heavy atom. The monoisotopic (exact) mass is 380 g/mol. The number of carbonyl (C=O) groups is 2. The number of nitrogens with zero attached hydrogens (tertiary/aromatic N) is 1. The number of hydrogen-bond donors (Lipinski definition) is 1. The summed E-state index contributed by atoms with van der Waals surface area (Å²) in [6, 6.07) is 11.0. The topological polar surface area (TPSA) is 49.4 Å². The maximum Gasteiger partial charge on any atom is 0.251 e. The van der Waals surface area contributed by atoms with Crippen LogP contribution in [0, 0.1) is 0 Å². The highest BCUT2D eigenvalue weighted by Crippen LogP contribution is 2.12. The highest BCUT2D eigenvalue weighted by Gasteiger charge is 2.14. The molecular formula is C16H17BrN2O2S. The first-order valence-electron chi connectivity index (χ1n) is 6.94. The molecule has 0 bridgehead atoms. The minimum Gasteiger partial charge on any atom is -0.343 e. The average Bonchev–Trinajstić information content (AvgIpc) is 3.03. The first kappa shape index (κ1) is 16.7. The standard InChI is InChI=1S/C16H17BrN2O2S/c1-2-19(11-14-7-4-8-22-14)15(20)10-18-16(21)12-5-3-6-13(17)9-12/h3-9H,2,10-11H2,1H3,(H,18,21). The van der Waals surface area contributed by atoms with Crippen molar-refractivity contribution in [2.45, 2.75) is 13.5 Å². The third-order valence-electron chi connectivity index (χ3n) is 3.15. The van der Waals surface area contributed by atoms with Gasteiger partial charge in [0.2, 0.25) is 5.91 Å². The number of thiophene rings is 1. The molecule has 0 aliphatic heterocycles. The summed E-state index contributed by atoms with van der Waals surface area (Å²) >= 11 is 4.94. The summed E-state index contributed by atoms with van der Waals surface area (Å²) < 4.78 is 0.833. The van der Waals surface area contributed by atoms with Crippen molar-refractivity contribution in [1.29, 1.82) is 0 Å². The molecule has 6 heteroatoms. The number of amides is 2.